The number of hydrogen-bond donors (Lipinski definition) is 1. The average molecular weight is 277 g/mol. The Morgan fingerprint density at radius 3 is 1.94 bits per heavy atom. The van der Waals surface area contributed by atoms with E-state index in [1.807, 2.05) is 12.5 Å². The molecule has 0 bridgehead atoms. The monoisotopic (exact) mass is 276 g/mol. The second kappa shape index (κ2) is 7.67. The van der Waals surface area contributed by atoms with Gasteiger partial charge < -0.3 is 5.11 Å². The molecule has 0 spiro atoms. The van der Waals surface area contributed by atoms with Gasteiger partial charge in [-0.3, -0.25) is 0 Å². The van der Waals surface area contributed by atoms with Gasteiger partial charge in [-0.1, -0.05) is 12.8 Å². The lowest BCUT2D eigenvalue weighted by molar-refractivity contribution is -2.00. The summed E-state index contributed by atoms with van der Waals surface area (Å²) in [6, 6.07) is 0. The molecule has 1 rings (SSSR count). The van der Waals surface area contributed by atoms with Crippen LogP contribution in [0.2, 0.25) is 0 Å². The van der Waals surface area contributed by atoms with Crippen molar-refractivity contribution in [2.45, 2.75) is 37.9 Å². The van der Waals surface area contributed by atoms with Crippen LogP contribution in [-0.2, 0) is 15.4 Å². The molecule has 0 unspecified atom stereocenters. The Kier molecular flexibility index (Phi) is 7.87. The SMILES string of the molecule is C[S+](C)O[C@@H]1CCCC[C@@H]1O.[O-][Cl+3]([O-])([O-])[O-]. The highest BCUT2D eigenvalue weighted by atomic mass is 35.7. The summed E-state index contributed by atoms with van der Waals surface area (Å²) in [7, 11) is -4.94. The van der Waals surface area contributed by atoms with Gasteiger partial charge in [-0.15, -0.1) is 10.2 Å². The first kappa shape index (κ1) is 16.4. The fraction of sp³-hybridized carbons (Fsp3) is 1.00. The van der Waals surface area contributed by atoms with E-state index in [-0.39, 0.29) is 23.4 Å². The zero-order chi connectivity index (χ0) is 12.8. The van der Waals surface area contributed by atoms with Gasteiger partial charge >= 0.3 is 0 Å². The maximum absolute atomic E-state index is 9.50. The summed E-state index contributed by atoms with van der Waals surface area (Å²) in [5.41, 5.74) is 0. The molecule has 0 aromatic heterocycles. The van der Waals surface area contributed by atoms with E-state index in [0.717, 1.165) is 19.3 Å². The van der Waals surface area contributed by atoms with Crippen LogP contribution in [0.15, 0.2) is 0 Å². The summed E-state index contributed by atoms with van der Waals surface area (Å²) in [6.45, 7) is 0. The first-order chi connectivity index (χ1) is 7.20. The maximum atomic E-state index is 9.50. The lowest BCUT2D eigenvalue weighted by Gasteiger charge is -2.24. The molecule has 0 amide bonds. The predicted octanol–water partition coefficient (Wildman–Crippen LogP) is -3.66. The van der Waals surface area contributed by atoms with E-state index in [1.54, 1.807) is 0 Å². The standard InChI is InChI=1S/C8H17O2S.ClHO4/c1-11(2)10-8-6-4-3-5-7(8)9;2-1(3,4)5/h7-9H,3-6H2,1-2H3;(H,2,3,4,5)/q+1;/p-1/t7-,8+;/m0./s1. The van der Waals surface area contributed by atoms with Gasteiger partial charge in [-0.2, -0.15) is 4.18 Å². The van der Waals surface area contributed by atoms with Crippen molar-refractivity contribution in [1.29, 1.82) is 0 Å². The third-order valence-corrected chi connectivity index (χ3v) is 2.62. The van der Waals surface area contributed by atoms with Crippen LogP contribution in [0.1, 0.15) is 25.7 Å². The third kappa shape index (κ3) is 10.9. The first-order valence-corrected chi connectivity index (χ1v) is 7.94. The Balaban J connectivity index is 0.000000385. The Hall–Kier alpha value is 0.400. The number of halogens is 1. The molecule has 1 N–H and O–H groups in total. The number of aliphatic hydroxyl groups excluding tert-OH is 1. The molecule has 8 heteroatoms. The molecule has 1 fully saturated rings. The van der Waals surface area contributed by atoms with E-state index in [1.165, 1.54) is 6.42 Å². The molecular formula is C8H17ClO6S. The summed E-state index contributed by atoms with van der Waals surface area (Å²) < 4.78 is 39.6. The Morgan fingerprint density at radius 2 is 1.56 bits per heavy atom. The lowest BCUT2D eigenvalue weighted by atomic mass is 9.95. The summed E-state index contributed by atoms with van der Waals surface area (Å²) in [5.74, 6) is 0. The van der Waals surface area contributed by atoms with Crippen LogP contribution in [0.5, 0.6) is 0 Å². The average Bonchev–Trinajstić information content (AvgIpc) is 2.05. The van der Waals surface area contributed by atoms with E-state index in [2.05, 4.69) is 0 Å². The number of hydrogen-bond acceptors (Lipinski definition) is 6. The van der Waals surface area contributed by atoms with Gasteiger partial charge in [0, 0.05) is 0 Å². The molecule has 0 saturated heterocycles. The number of aliphatic hydroxyl groups is 1. The van der Waals surface area contributed by atoms with Crippen LogP contribution in [0, 0.1) is 10.2 Å². The molecule has 1 aliphatic rings. The summed E-state index contributed by atoms with van der Waals surface area (Å²) >= 11 is 0.00619. The smallest absolute Gasteiger partial charge is 0.141 e. The van der Waals surface area contributed by atoms with Gasteiger partial charge in [0.15, 0.2) is 0 Å². The fourth-order valence-electron chi connectivity index (χ4n) is 1.44. The van der Waals surface area contributed by atoms with Crippen molar-refractivity contribution in [3.8, 4) is 0 Å². The van der Waals surface area contributed by atoms with E-state index < -0.39 is 10.2 Å². The van der Waals surface area contributed by atoms with Gasteiger partial charge in [0.1, 0.15) is 29.8 Å². The molecule has 1 aliphatic carbocycles. The highest BCUT2D eigenvalue weighted by Crippen LogP contribution is 2.22. The van der Waals surface area contributed by atoms with Crippen LogP contribution >= 0.6 is 0 Å². The Morgan fingerprint density at radius 1 is 1.12 bits per heavy atom. The molecule has 98 valence electrons. The van der Waals surface area contributed by atoms with Crippen molar-refractivity contribution in [1.82, 2.24) is 0 Å². The predicted molar refractivity (Wildman–Crippen MR) is 48.6 cm³/mol. The van der Waals surface area contributed by atoms with Crippen molar-refractivity contribution in [3.05, 3.63) is 0 Å². The van der Waals surface area contributed by atoms with Crippen molar-refractivity contribution in [2.24, 2.45) is 0 Å². The van der Waals surface area contributed by atoms with Crippen LogP contribution in [-0.4, -0.2) is 29.8 Å². The van der Waals surface area contributed by atoms with Crippen LogP contribution in [0.4, 0.5) is 0 Å². The van der Waals surface area contributed by atoms with Crippen molar-refractivity contribution >= 4 is 11.2 Å². The zero-order valence-corrected chi connectivity index (χ0v) is 10.8. The molecule has 0 radical (unpaired) electrons. The topological polar surface area (TPSA) is 122 Å². The van der Waals surface area contributed by atoms with Gasteiger partial charge in [-0.05, 0) is 12.8 Å². The third-order valence-electron chi connectivity index (χ3n) is 1.98. The van der Waals surface area contributed by atoms with Crippen molar-refractivity contribution in [2.75, 3.05) is 12.5 Å². The van der Waals surface area contributed by atoms with Gasteiger partial charge in [0.2, 0.25) is 0 Å². The number of rotatable bonds is 2. The lowest BCUT2D eigenvalue weighted by Crippen LogP contribution is -2.68. The van der Waals surface area contributed by atoms with Crippen molar-refractivity contribution in [3.63, 3.8) is 0 Å². The van der Waals surface area contributed by atoms with Crippen LogP contribution < -0.4 is 18.6 Å². The quantitative estimate of drug-likeness (QED) is 0.519. The largest absolute Gasteiger partial charge is 0.390 e. The highest BCUT2D eigenvalue weighted by molar-refractivity contribution is 7.90. The second-order valence-corrected chi connectivity index (χ2v) is 6.04. The summed E-state index contributed by atoms with van der Waals surface area (Å²) in [6.07, 6.45) is 8.30. The molecule has 16 heavy (non-hydrogen) atoms. The van der Waals surface area contributed by atoms with E-state index in [9.17, 15) is 5.11 Å². The molecule has 0 aromatic rings. The van der Waals surface area contributed by atoms with Crippen LogP contribution in [0.3, 0.4) is 0 Å². The second-order valence-electron chi connectivity index (χ2n) is 3.61. The first-order valence-electron chi connectivity index (χ1n) is 4.74. The van der Waals surface area contributed by atoms with Crippen molar-refractivity contribution < 1.29 is 38.2 Å². The molecule has 0 aromatic carbocycles. The van der Waals surface area contributed by atoms with Gasteiger partial charge in [-0.25, -0.2) is 18.6 Å². The minimum Gasteiger partial charge on any atom is -0.390 e. The summed E-state index contributed by atoms with van der Waals surface area (Å²) in [4.78, 5) is 0. The van der Waals surface area contributed by atoms with E-state index in [4.69, 9.17) is 22.8 Å². The molecule has 0 aliphatic heterocycles. The Labute approximate surface area is 100 Å². The minimum atomic E-state index is -4.94. The Bertz CT molecular complexity index is 180. The minimum absolute atomic E-state index is 0.00619. The molecule has 1 saturated carbocycles. The molecule has 0 heterocycles. The highest BCUT2D eigenvalue weighted by Gasteiger charge is 2.28. The van der Waals surface area contributed by atoms with E-state index >= 15 is 0 Å². The maximum Gasteiger partial charge on any atom is 0.141 e. The van der Waals surface area contributed by atoms with E-state index in [0.29, 0.717) is 0 Å². The van der Waals surface area contributed by atoms with Gasteiger partial charge in [0.05, 0.1) is 6.10 Å². The fourth-order valence-corrected chi connectivity index (χ4v) is 2.16. The summed E-state index contributed by atoms with van der Waals surface area (Å²) in [5, 5.41) is 9.50. The normalized spacial score (nSPS) is 26.2. The molecule has 6 nitrogen and oxygen atoms in total. The molecular weight excluding hydrogens is 260 g/mol. The molecule has 2 atom stereocenters. The van der Waals surface area contributed by atoms with Crippen LogP contribution in [0.25, 0.3) is 0 Å². The van der Waals surface area contributed by atoms with Gasteiger partial charge in [0.25, 0.3) is 0 Å². The zero-order valence-electron chi connectivity index (χ0n) is 9.26.